The van der Waals surface area contributed by atoms with Gasteiger partial charge in [-0.1, -0.05) is 48.9 Å². The third kappa shape index (κ3) is 1.42. The summed E-state index contributed by atoms with van der Waals surface area (Å²) < 4.78 is 0. The van der Waals surface area contributed by atoms with Gasteiger partial charge in [-0.25, -0.2) is 0 Å². The Morgan fingerprint density at radius 3 is 2.78 bits per heavy atom. The van der Waals surface area contributed by atoms with E-state index in [2.05, 4.69) is 12.2 Å². The summed E-state index contributed by atoms with van der Waals surface area (Å²) in [7, 11) is 0. The zero-order valence-electron chi connectivity index (χ0n) is 10.7. The van der Waals surface area contributed by atoms with Gasteiger partial charge in [-0.05, 0) is 24.8 Å². The molecule has 0 saturated heterocycles. The minimum atomic E-state index is -0.782. The second-order valence-corrected chi connectivity index (χ2v) is 5.75. The number of allylic oxidation sites excluding steroid dienone is 1. The molecule has 0 heterocycles. The summed E-state index contributed by atoms with van der Waals surface area (Å²) in [6.45, 7) is 0.555. The summed E-state index contributed by atoms with van der Waals surface area (Å²) in [4.78, 5) is 0. The summed E-state index contributed by atoms with van der Waals surface area (Å²) in [6.07, 6.45) is 8.56. The van der Waals surface area contributed by atoms with Crippen LogP contribution in [0, 0.1) is 11.3 Å². The van der Waals surface area contributed by atoms with Crippen LogP contribution in [0.4, 0.5) is 0 Å². The van der Waals surface area contributed by atoms with Crippen LogP contribution in [0.15, 0.2) is 42.5 Å². The maximum Gasteiger partial charge on any atom is 0.103 e. The lowest BCUT2D eigenvalue weighted by Gasteiger charge is -2.56. The van der Waals surface area contributed by atoms with Gasteiger partial charge in [0.2, 0.25) is 0 Å². The third-order valence-electron chi connectivity index (χ3n) is 5.00. The Kier molecular flexibility index (Phi) is 2.80. The highest BCUT2D eigenvalue weighted by atomic mass is 16.3. The van der Waals surface area contributed by atoms with E-state index in [-0.39, 0.29) is 11.3 Å². The molecule has 3 atom stereocenters. The first-order chi connectivity index (χ1) is 8.73. The van der Waals surface area contributed by atoms with Gasteiger partial charge in [0.05, 0.1) is 0 Å². The highest BCUT2D eigenvalue weighted by Crippen LogP contribution is 2.57. The van der Waals surface area contributed by atoms with E-state index < -0.39 is 5.60 Å². The second-order valence-electron chi connectivity index (χ2n) is 5.75. The first kappa shape index (κ1) is 11.9. The molecule has 3 unspecified atom stereocenters. The topological polar surface area (TPSA) is 46.2 Å². The Balaban J connectivity index is 2.15. The van der Waals surface area contributed by atoms with E-state index in [0.717, 1.165) is 24.8 Å². The summed E-state index contributed by atoms with van der Waals surface area (Å²) in [5.74, 6) is 0.214. The number of rotatable bonds is 2. The summed E-state index contributed by atoms with van der Waals surface area (Å²) in [5.41, 5.74) is 6.14. The van der Waals surface area contributed by atoms with Crippen LogP contribution in [-0.4, -0.2) is 11.7 Å². The van der Waals surface area contributed by atoms with Gasteiger partial charge in [0.25, 0.3) is 0 Å². The van der Waals surface area contributed by atoms with Crippen molar-refractivity contribution in [2.24, 2.45) is 17.1 Å². The van der Waals surface area contributed by atoms with Crippen molar-refractivity contribution in [1.82, 2.24) is 0 Å². The second kappa shape index (κ2) is 4.22. The van der Waals surface area contributed by atoms with Crippen LogP contribution in [0.1, 0.15) is 31.2 Å². The smallest absolute Gasteiger partial charge is 0.103 e. The molecular formula is C16H21NO. The lowest BCUT2D eigenvalue weighted by Crippen LogP contribution is -2.57. The fourth-order valence-corrected chi connectivity index (χ4v) is 3.96. The van der Waals surface area contributed by atoms with Crippen molar-refractivity contribution in [1.29, 1.82) is 0 Å². The van der Waals surface area contributed by atoms with Crippen LogP contribution < -0.4 is 5.73 Å². The quantitative estimate of drug-likeness (QED) is 0.784. The van der Waals surface area contributed by atoms with Crippen molar-refractivity contribution < 1.29 is 5.11 Å². The lowest BCUT2D eigenvalue weighted by atomic mass is 9.52. The molecule has 0 spiro atoms. The largest absolute Gasteiger partial charge is 0.384 e. The van der Waals surface area contributed by atoms with Gasteiger partial charge in [-0.2, -0.15) is 0 Å². The van der Waals surface area contributed by atoms with Gasteiger partial charge in [-0.3, -0.25) is 0 Å². The van der Waals surface area contributed by atoms with Crippen LogP contribution in [0.5, 0.6) is 0 Å². The van der Waals surface area contributed by atoms with Crippen LogP contribution in [0.2, 0.25) is 0 Å². The van der Waals surface area contributed by atoms with E-state index in [1.165, 1.54) is 6.42 Å². The molecule has 3 N–H and O–H groups in total. The van der Waals surface area contributed by atoms with E-state index in [0.29, 0.717) is 6.54 Å². The Bertz CT molecular complexity index is 455. The molecule has 2 aliphatic rings. The molecule has 2 bridgehead atoms. The molecule has 3 rings (SSSR count). The average Bonchev–Trinajstić information content (AvgIpc) is 2.40. The number of nitrogens with two attached hydrogens (primary N) is 1. The van der Waals surface area contributed by atoms with Gasteiger partial charge in [0.15, 0.2) is 0 Å². The van der Waals surface area contributed by atoms with Gasteiger partial charge in [-0.15, -0.1) is 0 Å². The fourth-order valence-electron chi connectivity index (χ4n) is 3.96. The summed E-state index contributed by atoms with van der Waals surface area (Å²) in [6, 6.07) is 10.1. The number of aliphatic hydroxyl groups is 1. The monoisotopic (exact) mass is 243 g/mol. The zero-order chi connectivity index (χ0) is 12.6. The van der Waals surface area contributed by atoms with Crippen LogP contribution >= 0.6 is 0 Å². The molecule has 0 aromatic heterocycles. The molecule has 0 radical (unpaired) electrons. The molecule has 1 aromatic rings. The maximum atomic E-state index is 11.4. The van der Waals surface area contributed by atoms with Crippen LogP contribution in [0.25, 0.3) is 0 Å². The first-order valence-electron chi connectivity index (χ1n) is 6.88. The summed E-state index contributed by atoms with van der Waals surface area (Å²) >= 11 is 0. The Morgan fingerprint density at radius 2 is 2.06 bits per heavy atom. The van der Waals surface area contributed by atoms with Crippen LogP contribution in [-0.2, 0) is 5.60 Å². The Labute approximate surface area is 109 Å². The number of fused-ring (bicyclic) bond motifs is 2. The molecule has 1 aromatic carbocycles. The molecule has 2 heteroatoms. The van der Waals surface area contributed by atoms with Crippen molar-refractivity contribution in [2.45, 2.75) is 31.3 Å². The minimum absolute atomic E-state index is 0.175. The van der Waals surface area contributed by atoms with Gasteiger partial charge < -0.3 is 10.8 Å². The predicted octanol–water partition coefficient (Wildman–Crippen LogP) is 2.58. The van der Waals surface area contributed by atoms with E-state index >= 15 is 0 Å². The third-order valence-corrected chi connectivity index (χ3v) is 5.00. The Hall–Kier alpha value is -1.12. The number of hydrogen-bond donors (Lipinski definition) is 2. The summed E-state index contributed by atoms with van der Waals surface area (Å²) in [5, 5.41) is 11.4. The van der Waals surface area contributed by atoms with E-state index in [9.17, 15) is 5.11 Å². The van der Waals surface area contributed by atoms with Gasteiger partial charge >= 0.3 is 0 Å². The molecule has 2 aliphatic carbocycles. The van der Waals surface area contributed by atoms with E-state index in [1.54, 1.807) is 0 Å². The van der Waals surface area contributed by atoms with Gasteiger partial charge in [0, 0.05) is 17.9 Å². The van der Waals surface area contributed by atoms with Crippen molar-refractivity contribution in [3.8, 4) is 0 Å². The predicted molar refractivity (Wildman–Crippen MR) is 72.9 cm³/mol. The highest BCUT2D eigenvalue weighted by Gasteiger charge is 2.57. The van der Waals surface area contributed by atoms with Crippen molar-refractivity contribution >= 4 is 0 Å². The highest BCUT2D eigenvalue weighted by molar-refractivity contribution is 5.32. The molecule has 0 amide bonds. The SMILES string of the molecule is NCC12CC=CC(CCC1)C2(O)c1ccccc1. The first-order valence-corrected chi connectivity index (χ1v) is 6.88. The van der Waals surface area contributed by atoms with E-state index in [4.69, 9.17) is 5.73 Å². The fraction of sp³-hybridized carbons (Fsp3) is 0.500. The molecule has 18 heavy (non-hydrogen) atoms. The average molecular weight is 243 g/mol. The number of hydrogen-bond acceptors (Lipinski definition) is 2. The lowest BCUT2D eigenvalue weighted by molar-refractivity contribution is -0.149. The molecule has 1 saturated carbocycles. The molecule has 1 fully saturated rings. The standard InChI is InChI=1S/C16H21NO/c17-12-15-10-4-8-14(9-5-11-15)16(15,18)13-6-2-1-3-7-13/h1-4,6-8,14,18H,5,9-12,17H2. The zero-order valence-corrected chi connectivity index (χ0v) is 10.7. The van der Waals surface area contributed by atoms with Crippen LogP contribution in [0.3, 0.4) is 0 Å². The molecule has 96 valence electrons. The Morgan fingerprint density at radius 1 is 1.28 bits per heavy atom. The molecular weight excluding hydrogens is 222 g/mol. The minimum Gasteiger partial charge on any atom is -0.384 e. The number of benzene rings is 1. The van der Waals surface area contributed by atoms with Gasteiger partial charge in [0.1, 0.15) is 5.60 Å². The van der Waals surface area contributed by atoms with E-state index in [1.807, 2.05) is 30.3 Å². The normalized spacial score (nSPS) is 38.7. The molecule has 0 aliphatic heterocycles. The van der Waals surface area contributed by atoms with Crippen molar-refractivity contribution in [2.75, 3.05) is 6.54 Å². The maximum absolute atomic E-state index is 11.4. The molecule has 2 nitrogen and oxygen atoms in total. The van der Waals surface area contributed by atoms with Crippen molar-refractivity contribution in [3.63, 3.8) is 0 Å². The van der Waals surface area contributed by atoms with Crippen molar-refractivity contribution in [3.05, 3.63) is 48.0 Å².